The number of benzene rings is 2. The monoisotopic (exact) mass is 764 g/mol. The van der Waals surface area contributed by atoms with Gasteiger partial charge in [0.05, 0.1) is 70.0 Å². The SMILES string of the molecule is CC=Nc1cc(-n2ccnc2)cc(Nc2ccnn2C)c1Cc1nc2ncnc3nc(-n4cnc5cc(-n6ccnc6)cc(Nc6ccnn6C)c54)c4ccc1c4n23. The molecular formula is C40H32N18. The molecule has 0 aliphatic heterocycles. The Morgan fingerprint density at radius 1 is 0.690 bits per heavy atom. The van der Waals surface area contributed by atoms with Gasteiger partial charge < -0.3 is 19.8 Å². The van der Waals surface area contributed by atoms with Crippen LogP contribution in [0.3, 0.4) is 0 Å². The molecule has 58 heavy (non-hydrogen) atoms. The van der Waals surface area contributed by atoms with Crippen molar-refractivity contribution in [3.8, 4) is 17.2 Å². The molecular weight excluding hydrogens is 733 g/mol. The molecule has 0 unspecified atom stereocenters. The first-order valence-electron chi connectivity index (χ1n) is 18.4. The molecule has 0 saturated heterocycles. The van der Waals surface area contributed by atoms with Gasteiger partial charge in [-0.25, -0.2) is 34.3 Å². The zero-order valence-electron chi connectivity index (χ0n) is 31.3. The summed E-state index contributed by atoms with van der Waals surface area (Å²) in [6.45, 7) is 1.91. The third-order valence-corrected chi connectivity index (χ3v) is 10.3. The first-order valence-corrected chi connectivity index (χ1v) is 18.4. The lowest BCUT2D eigenvalue weighted by Gasteiger charge is -2.18. The number of anilines is 4. The van der Waals surface area contributed by atoms with Gasteiger partial charge in [0, 0.05) is 85.7 Å². The first kappa shape index (κ1) is 33.1. The topological polar surface area (TPSA) is 181 Å². The molecule has 18 heteroatoms. The predicted octanol–water partition coefficient (Wildman–Crippen LogP) is 6.24. The minimum absolute atomic E-state index is 0.434. The van der Waals surface area contributed by atoms with E-state index in [-0.39, 0.29) is 0 Å². The van der Waals surface area contributed by atoms with Crippen molar-refractivity contribution in [2.24, 2.45) is 19.1 Å². The molecule has 0 bridgehead atoms. The molecule has 282 valence electrons. The number of hydrogen-bond donors (Lipinski definition) is 2. The van der Waals surface area contributed by atoms with Crippen molar-refractivity contribution in [2.75, 3.05) is 10.6 Å². The lowest BCUT2D eigenvalue weighted by Crippen LogP contribution is -2.10. The van der Waals surface area contributed by atoms with Crippen LogP contribution in [-0.2, 0) is 20.5 Å². The summed E-state index contributed by atoms with van der Waals surface area (Å²) in [6.07, 6.45) is 19.9. The van der Waals surface area contributed by atoms with Gasteiger partial charge in [0.1, 0.15) is 24.3 Å². The average Bonchev–Trinajstić information content (AvgIpc) is 4.09. The molecule has 8 heterocycles. The summed E-state index contributed by atoms with van der Waals surface area (Å²) >= 11 is 0. The molecule has 11 aromatic rings. The van der Waals surface area contributed by atoms with Crippen LogP contribution in [0, 0.1) is 0 Å². The lowest BCUT2D eigenvalue weighted by atomic mass is 10.0. The van der Waals surface area contributed by atoms with E-state index in [9.17, 15) is 0 Å². The number of nitrogens with zero attached hydrogens (tertiary/aromatic N) is 16. The molecule has 3 aromatic carbocycles. The number of aryl methyl sites for hydroxylation is 2. The van der Waals surface area contributed by atoms with Gasteiger partial charge in [0.25, 0.3) is 0 Å². The maximum atomic E-state index is 5.16. The summed E-state index contributed by atoms with van der Waals surface area (Å²) in [6, 6.07) is 16.3. The fraction of sp³-hybridized carbons (Fsp3) is 0.100. The van der Waals surface area contributed by atoms with Crippen LogP contribution in [0.4, 0.5) is 28.7 Å². The quantitative estimate of drug-likeness (QED) is 0.150. The normalized spacial score (nSPS) is 12.1. The fourth-order valence-electron chi connectivity index (χ4n) is 7.61. The maximum absolute atomic E-state index is 5.16. The highest BCUT2D eigenvalue weighted by molar-refractivity contribution is 6.06. The van der Waals surface area contributed by atoms with Crippen molar-refractivity contribution in [1.29, 1.82) is 0 Å². The minimum Gasteiger partial charge on any atom is -0.340 e. The molecule has 0 aliphatic rings. The Bertz CT molecular complexity index is 3310. The number of fused-ring (bicyclic) bond motifs is 1. The Hall–Kier alpha value is -8.28. The van der Waals surface area contributed by atoms with Crippen LogP contribution >= 0.6 is 0 Å². The van der Waals surface area contributed by atoms with Crippen LogP contribution in [0.2, 0.25) is 0 Å². The number of aliphatic imine (C=N–C) groups is 1. The van der Waals surface area contributed by atoms with Crippen molar-refractivity contribution >= 4 is 73.8 Å². The van der Waals surface area contributed by atoms with Crippen LogP contribution < -0.4 is 10.6 Å². The zero-order chi connectivity index (χ0) is 38.9. The van der Waals surface area contributed by atoms with Gasteiger partial charge in [-0.05, 0) is 37.3 Å². The Balaban J connectivity index is 1.11. The smallest absolute Gasteiger partial charge is 0.240 e. The van der Waals surface area contributed by atoms with Crippen molar-refractivity contribution in [3.05, 3.63) is 122 Å². The second-order valence-electron chi connectivity index (χ2n) is 13.7. The maximum Gasteiger partial charge on any atom is 0.240 e. The van der Waals surface area contributed by atoms with Gasteiger partial charge in [-0.15, -0.1) is 0 Å². The van der Waals surface area contributed by atoms with Crippen LogP contribution in [0.1, 0.15) is 18.2 Å². The molecule has 0 aliphatic carbocycles. The van der Waals surface area contributed by atoms with E-state index >= 15 is 0 Å². The van der Waals surface area contributed by atoms with Crippen molar-refractivity contribution in [3.63, 3.8) is 0 Å². The summed E-state index contributed by atoms with van der Waals surface area (Å²) < 4.78 is 11.4. The first-order chi connectivity index (χ1) is 28.5. The Morgan fingerprint density at radius 3 is 2.03 bits per heavy atom. The van der Waals surface area contributed by atoms with Crippen molar-refractivity contribution < 1.29 is 0 Å². The zero-order valence-corrected chi connectivity index (χ0v) is 31.3. The molecule has 0 fully saturated rings. The van der Waals surface area contributed by atoms with Crippen LogP contribution in [-0.4, -0.2) is 78.8 Å². The second-order valence-corrected chi connectivity index (χ2v) is 13.7. The lowest BCUT2D eigenvalue weighted by molar-refractivity contribution is 0.776. The minimum atomic E-state index is 0.434. The second kappa shape index (κ2) is 12.9. The van der Waals surface area contributed by atoms with Gasteiger partial charge in [0.15, 0.2) is 5.82 Å². The van der Waals surface area contributed by atoms with Crippen molar-refractivity contribution in [1.82, 2.24) is 72.6 Å². The molecule has 0 saturated carbocycles. The largest absolute Gasteiger partial charge is 0.340 e. The van der Waals surface area contributed by atoms with Crippen LogP contribution in [0.25, 0.3) is 56.1 Å². The Morgan fingerprint density at radius 2 is 1.36 bits per heavy atom. The van der Waals surface area contributed by atoms with Gasteiger partial charge in [-0.3, -0.25) is 18.9 Å². The molecule has 0 radical (unpaired) electrons. The standard InChI is InChI=1S/C40H32N18/c1-4-43-29-15-24(55-13-11-41-21-55)16-30(49-34-7-9-47-53(34)2)28(29)19-31-26-5-6-27-36(26)58-39(51-31)44-20-45-40(58)52-38(27)57-23-46-32-17-25(56-14-12-42-22-56)18-33(37(32)57)50-35-8-10-48-54(35)3/h4-18,20-23,49-50H,19H2,1-3H3. The summed E-state index contributed by atoms with van der Waals surface area (Å²) in [5.74, 6) is 3.25. The van der Waals surface area contributed by atoms with Crippen LogP contribution in [0.5, 0.6) is 0 Å². The van der Waals surface area contributed by atoms with Gasteiger partial charge in [-0.1, -0.05) is 6.07 Å². The Labute approximate surface area is 328 Å². The third-order valence-electron chi connectivity index (χ3n) is 10.3. The molecule has 0 spiro atoms. The average molecular weight is 765 g/mol. The summed E-state index contributed by atoms with van der Waals surface area (Å²) in [7, 11) is 3.80. The molecule has 0 amide bonds. The molecule has 2 N–H and O–H groups in total. The molecule has 18 nitrogen and oxygen atoms in total. The molecule has 11 rings (SSSR count). The highest BCUT2D eigenvalue weighted by atomic mass is 15.3. The third kappa shape index (κ3) is 5.26. The van der Waals surface area contributed by atoms with E-state index in [1.165, 1.54) is 6.33 Å². The van der Waals surface area contributed by atoms with Gasteiger partial charge >= 0.3 is 0 Å². The van der Waals surface area contributed by atoms with E-state index in [0.717, 1.165) is 78.7 Å². The van der Waals surface area contributed by atoms with Gasteiger partial charge in [-0.2, -0.15) is 15.2 Å². The van der Waals surface area contributed by atoms with E-state index in [2.05, 4.69) is 71.1 Å². The number of hydrogen-bond acceptors (Lipinski definition) is 12. The van der Waals surface area contributed by atoms with Gasteiger partial charge in [0.2, 0.25) is 11.6 Å². The van der Waals surface area contributed by atoms with E-state index < -0.39 is 0 Å². The van der Waals surface area contributed by atoms with Crippen LogP contribution in [0.15, 0.2) is 116 Å². The predicted molar refractivity (Wildman–Crippen MR) is 220 cm³/mol. The van der Waals surface area contributed by atoms with E-state index in [0.29, 0.717) is 23.8 Å². The summed E-state index contributed by atoms with van der Waals surface area (Å²) in [5, 5.41) is 17.8. The number of nitrogens with one attached hydrogen (secondary N) is 2. The van der Waals surface area contributed by atoms with E-state index in [1.54, 1.807) is 59.3 Å². The highest BCUT2D eigenvalue weighted by Crippen LogP contribution is 2.39. The fourth-order valence-corrected chi connectivity index (χ4v) is 7.61. The number of aromatic nitrogens is 15. The number of rotatable bonds is 10. The number of imidazole rings is 3. The summed E-state index contributed by atoms with van der Waals surface area (Å²) in [4.78, 5) is 37.9. The molecule has 0 atom stereocenters. The Kier molecular flexibility index (Phi) is 7.36. The molecule has 8 aromatic heterocycles. The summed E-state index contributed by atoms with van der Waals surface area (Å²) in [5.41, 5.74) is 8.53. The van der Waals surface area contributed by atoms with Crippen molar-refractivity contribution in [2.45, 2.75) is 13.3 Å². The van der Waals surface area contributed by atoms with E-state index in [4.69, 9.17) is 19.9 Å². The highest BCUT2D eigenvalue weighted by Gasteiger charge is 2.24. The van der Waals surface area contributed by atoms with E-state index in [1.807, 2.05) is 69.7 Å².